The first-order valence-corrected chi connectivity index (χ1v) is 8.71. The van der Waals surface area contributed by atoms with Crippen LogP contribution in [0.15, 0.2) is 42.5 Å². The fraction of sp³-hybridized carbons (Fsp3) is 0.333. The van der Waals surface area contributed by atoms with Crippen molar-refractivity contribution < 1.29 is 13.2 Å². The Morgan fingerprint density at radius 3 is 2.48 bits per heavy atom. The summed E-state index contributed by atoms with van der Waals surface area (Å²) in [6, 6.07) is 10.6. The van der Waals surface area contributed by atoms with Crippen LogP contribution in [-0.4, -0.2) is 45.7 Å². The molecule has 3 aromatic rings. The molecule has 0 amide bonds. The molecule has 4 rings (SSSR count). The van der Waals surface area contributed by atoms with Gasteiger partial charge in [0.15, 0.2) is 5.65 Å². The fourth-order valence-electron chi connectivity index (χ4n) is 3.10. The molecule has 2 aromatic heterocycles. The van der Waals surface area contributed by atoms with E-state index in [1.807, 2.05) is 18.2 Å². The molecular weight excluding hydrogens is 357 g/mol. The van der Waals surface area contributed by atoms with Gasteiger partial charge in [-0.05, 0) is 36.4 Å². The maximum absolute atomic E-state index is 12.7. The van der Waals surface area contributed by atoms with E-state index in [1.165, 1.54) is 12.1 Å². The zero-order valence-electron chi connectivity index (χ0n) is 14.5. The van der Waals surface area contributed by atoms with Crippen LogP contribution in [0.5, 0.6) is 0 Å². The number of rotatable bonds is 4. The molecule has 0 bridgehead atoms. The van der Waals surface area contributed by atoms with Gasteiger partial charge in [0.1, 0.15) is 0 Å². The van der Waals surface area contributed by atoms with Crippen LogP contribution in [0, 0.1) is 0 Å². The molecule has 0 atom stereocenters. The van der Waals surface area contributed by atoms with Crippen molar-refractivity contribution in [3.63, 3.8) is 0 Å². The molecule has 0 aliphatic carbocycles. The number of alkyl halides is 3. The summed E-state index contributed by atoms with van der Waals surface area (Å²) in [5.41, 5.74) is 1.52. The molecular formula is C18H19F3N6. The first-order valence-electron chi connectivity index (χ1n) is 8.71. The molecule has 0 unspecified atom stereocenters. The number of pyridine rings is 1. The molecule has 1 aliphatic heterocycles. The van der Waals surface area contributed by atoms with E-state index in [2.05, 4.69) is 25.6 Å². The van der Waals surface area contributed by atoms with Crippen molar-refractivity contribution in [2.24, 2.45) is 0 Å². The quantitative estimate of drug-likeness (QED) is 0.733. The van der Waals surface area contributed by atoms with Gasteiger partial charge < -0.3 is 10.6 Å². The lowest BCUT2D eigenvalue weighted by molar-refractivity contribution is -0.137. The summed E-state index contributed by atoms with van der Waals surface area (Å²) in [6.45, 7) is 4.65. The van der Waals surface area contributed by atoms with Crippen LogP contribution in [0.25, 0.3) is 5.65 Å². The van der Waals surface area contributed by atoms with Crippen LogP contribution < -0.4 is 10.6 Å². The number of anilines is 2. The van der Waals surface area contributed by atoms with Gasteiger partial charge in [0.25, 0.3) is 0 Å². The Hall–Kier alpha value is -2.65. The summed E-state index contributed by atoms with van der Waals surface area (Å²) in [4.78, 5) is 6.76. The topological polar surface area (TPSA) is 57.5 Å². The zero-order chi connectivity index (χ0) is 18.9. The van der Waals surface area contributed by atoms with Crippen LogP contribution in [0.4, 0.5) is 24.8 Å². The number of nitrogens with zero attached hydrogens (tertiary/aromatic N) is 4. The van der Waals surface area contributed by atoms with Gasteiger partial charge in [0.2, 0.25) is 5.95 Å². The predicted molar refractivity (Wildman–Crippen MR) is 95.9 cm³/mol. The van der Waals surface area contributed by atoms with E-state index in [0.29, 0.717) is 17.3 Å². The summed E-state index contributed by atoms with van der Waals surface area (Å²) >= 11 is 0. The first kappa shape index (κ1) is 17.7. The van der Waals surface area contributed by atoms with Crippen LogP contribution in [0.2, 0.25) is 0 Å². The molecule has 0 saturated carbocycles. The number of fused-ring (bicyclic) bond motifs is 1. The lowest BCUT2D eigenvalue weighted by Crippen LogP contribution is -2.43. The number of nitrogens with one attached hydrogen (secondary N) is 2. The highest BCUT2D eigenvalue weighted by Gasteiger charge is 2.30. The second kappa shape index (κ2) is 7.16. The monoisotopic (exact) mass is 376 g/mol. The number of hydrogen-bond donors (Lipinski definition) is 2. The predicted octanol–water partition coefficient (Wildman–Crippen LogP) is 2.90. The summed E-state index contributed by atoms with van der Waals surface area (Å²) < 4.78 is 39.8. The maximum Gasteiger partial charge on any atom is 0.416 e. The Balaban J connectivity index is 1.53. The number of halogens is 3. The number of hydrogen-bond acceptors (Lipinski definition) is 5. The molecule has 6 nitrogen and oxygen atoms in total. The van der Waals surface area contributed by atoms with E-state index in [-0.39, 0.29) is 0 Å². The molecule has 1 fully saturated rings. The van der Waals surface area contributed by atoms with Gasteiger partial charge in [-0.15, -0.1) is 5.10 Å². The molecule has 1 aromatic carbocycles. The highest BCUT2D eigenvalue weighted by molar-refractivity contribution is 5.56. The smallest absolute Gasteiger partial charge is 0.323 e. The van der Waals surface area contributed by atoms with Crippen molar-refractivity contribution in [1.29, 1.82) is 0 Å². The lowest BCUT2D eigenvalue weighted by atomic mass is 10.2. The summed E-state index contributed by atoms with van der Waals surface area (Å²) in [7, 11) is 0. The molecule has 1 saturated heterocycles. The van der Waals surface area contributed by atoms with Crippen molar-refractivity contribution in [3.05, 3.63) is 53.7 Å². The van der Waals surface area contributed by atoms with E-state index in [0.717, 1.165) is 50.6 Å². The zero-order valence-corrected chi connectivity index (χ0v) is 14.5. The average molecular weight is 376 g/mol. The van der Waals surface area contributed by atoms with Gasteiger partial charge in [-0.3, -0.25) is 4.90 Å². The van der Waals surface area contributed by atoms with Gasteiger partial charge >= 0.3 is 6.18 Å². The largest absolute Gasteiger partial charge is 0.416 e. The summed E-state index contributed by atoms with van der Waals surface area (Å²) in [5.74, 6) is 0.350. The SMILES string of the molecule is FC(F)(F)c1ccc(Nc2nc3cccc(CN4CCNCC4)n3n2)cc1. The fourth-order valence-corrected chi connectivity index (χ4v) is 3.10. The Morgan fingerprint density at radius 2 is 1.78 bits per heavy atom. The first-order chi connectivity index (χ1) is 13.0. The lowest BCUT2D eigenvalue weighted by Gasteiger charge is -2.27. The van der Waals surface area contributed by atoms with Gasteiger partial charge in [0.05, 0.1) is 11.3 Å². The Bertz CT molecular complexity index is 913. The molecule has 9 heteroatoms. The molecule has 0 spiro atoms. The highest BCUT2D eigenvalue weighted by Crippen LogP contribution is 2.30. The standard InChI is InChI=1S/C18H19F3N6/c19-18(20,21)13-4-6-14(7-5-13)23-17-24-16-3-1-2-15(27(16)25-17)12-26-10-8-22-9-11-26/h1-7,22H,8-12H2,(H,23,25). The van der Waals surface area contributed by atoms with Gasteiger partial charge in [-0.2, -0.15) is 18.2 Å². The third-order valence-corrected chi connectivity index (χ3v) is 4.50. The van der Waals surface area contributed by atoms with Crippen LogP contribution in [-0.2, 0) is 12.7 Å². The minimum absolute atomic E-state index is 0.350. The van der Waals surface area contributed by atoms with Crippen molar-refractivity contribution in [2.45, 2.75) is 12.7 Å². The van der Waals surface area contributed by atoms with Crippen LogP contribution >= 0.6 is 0 Å². The minimum atomic E-state index is -4.35. The third-order valence-electron chi connectivity index (χ3n) is 4.50. The second-order valence-electron chi connectivity index (χ2n) is 6.45. The summed E-state index contributed by atoms with van der Waals surface area (Å²) in [6.07, 6.45) is -4.35. The number of benzene rings is 1. The van der Waals surface area contributed by atoms with Crippen molar-refractivity contribution in [1.82, 2.24) is 24.8 Å². The number of piperazine rings is 1. The van der Waals surface area contributed by atoms with Gasteiger partial charge in [0, 0.05) is 38.4 Å². The van der Waals surface area contributed by atoms with E-state index in [1.54, 1.807) is 4.52 Å². The van der Waals surface area contributed by atoms with E-state index < -0.39 is 11.7 Å². The Kier molecular flexibility index (Phi) is 4.71. The van der Waals surface area contributed by atoms with Crippen molar-refractivity contribution in [3.8, 4) is 0 Å². The molecule has 2 N–H and O–H groups in total. The van der Waals surface area contributed by atoms with Gasteiger partial charge in [-0.25, -0.2) is 4.52 Å². The molecule has 0 radical (unpaired) electrons. The minimum Gasteiger partial charge on any atom is -0.323 e. The van der Waals surface area contributed by atoms with Crippen molar-refractivity contribution in [2.75, 3.05) is 31.5 Å². The highest BCUT2D eigenvalue weighted by atomic mass is 19.4. The second-order valence-corrected chi connectivity index (χ2v) is 6.45. The molecule has 142 valence electrons. The third kappa shape index (κ3) is 4.04. The van der Waals surface area contributed by atoms with Crippen LogP contribution in [0.1, 0.15) is 11.3 Å². The Labute approximate surface area is 154 Å². The van der Waals surface area contributed by atoms with Crippen molar-refractivity contribution >= 4 is 17.3 Å². The van der Waals surface area contributed by atoms with E-state index in [9.17, 15) is 13.2 Å². The Morgan fingerprint density at radius 1 is 1.04 bits per heavy atom. The maximum atomic E-state index is 12.7. The number of aromatic nitrogens is 3. The van der Waals surface area contributed by atoms with Crippen LogP contribution in [0.3, 0.4) is 0 Å². The molecule has 3 heterocycles. The summed E-state index contributed by atoms with van der Waals surface area (Å²) in [5, 5.41) is 10.8. The normalized spacial score (nSPS) is 16.0. The molecule has 27 heavy (non-hydrogen) atoms. The van der Waals surface area contributed by atoms with Gasteiger partial charge in [-0.1, -0.05) is 6.07 Å². The molecule has 1 aliphatic rings. The van der Waals surface area contributed by atoms with E-state index in [4.69, 9.17) is 0 Å². The van der Waals surface area contributed by atoms with E-state index >= 15 is 0 Å². The average Bonchev–Trinajstić information content (AvgIpc) is 3.06.